The van der Waals surface area contributed by atoms with Gasteiger partial charge in [-0.2, -0.15) is 0 Å². The Hall–Kier alpha value is -0.610. The quantitative estimate of drug-likeness (QED) is 0.643. The molecule has 4 aliphatic carbocycles. The topological polar surface area (TPSA) is 72.5 Å². The van der Waals surface area contributed by atoms with E-state index in [0.29, 0.717) is 41.5 Å². The van der Waals surface area contributed by atoms with Gasteiger partial charge in [0, 0.05) is 12.5 Å². The van der Waals surface area contributed by atoms with Crippen molar-refractivity contribution >= 4 is 5.97 Å². The number of nitrogens with two attached hydrogens (primary N) is 1. The third kappa shape index (κ3) is 3.36. The number of hydrogen-bond donors (Lipinski definition) is 2. The summed E-state index contributed by atoms with van der Waals surface area (Å²) in [5, 5.41) is 11.6. The zero-order valence-electron chi connectivity index (χ0n) is 19.9. The zero-order valence-corrected chi connectivity index (χ0v) is 19.9. The maximum Gasteiger partial charge on any atom is 0.305 e. The molecule has 0 saturated heterocycles. The van der Waals surface area contributed by atoms with Crippen molar-refractivity contribution in [3.8, 4) is 0 Å². The highest BCUT2D eigenvalue weighted by Crippen LogP contribution is 2.69. The molecule has 4 rings (SSSR count). The molecule has 0 aliphatic heterocycles. The van der Waals surface area contributed by atoms with Crippen LogP contribution in [0.25, 0.3) is 0 Å². The van der Waals surface area contributed by atoms with E-state index >= 15 is 0 Å². The lowest BCUT2D eigenvalue weighted by Crippen LogP contribution is -2.61. The SMILES string of the molecule is COC(=O)CCC(C)C1CCC2C3C(C)CC4CC(N)CCC4(C)C3CC(O)C12C. The van der Waals surface area contributed by atoms with Gasteiger partial charge in [0.2, 0.25) is 0 Å². The molecule has 11 atom stereocenters. The van der Waals surface area contributed by atoms with Crippen LogP contribution in [0.4, 0.5) is 0 Å². The van der Waals surface area contributed by atoms with Crippen molar-refractivity contribution in [2.75, 3.05) is 7.11 Å². The molecule has 4 heteroatoms. The molecule has 0 aromatic carbocycles. The van der Waals surface area contributed by atoms with Crippen molar-refractivity contribution in [3.05, 3.63) is 0 Å². The van der Waals surface area contributed by atoms with Gasteiger partial charge < -0.3 is 15.6 Å². The first-order chi connectivity index (χ1) is 14.1. The van der Waals surface area contributed by atoms with Gasteiger partial charge in [-0.1, -0.05) is 27.7 Å². The number of rotatable bonds is 4. The number of esters is 1. The van der Waals surface area contributed by atoms with Gasteiger partial charge in [0.15, 0.2) is 0 Å². The molecule has 30 heavy (non-hydrogen) atoms. The van der Waals surface area contributed by atoms with Gasteiger partial charge >= 0.3 is 5.97 Å². The molecule has 0 spiro atoms. The van der Waals surface area contributed by atoms with Crippen molar-refractivity contribution in [1.82, 2.24) is 0 Å². The number of aliphatic hydroxyl groups is 1. The number of fused-ring (bicyclic) bond motifs is 5. The minimum atomic E-state index is -0.227. The summed E-state index contributed by atoms with van der Waals surface area (Å²) in [5.74, 6) is 4.26. The predicted octanol–water partition coefficient (Wildman–Crippen LogP) is 4.78. The molecule has 0 radical (unpaired) electrons. The van der Waals surface area contributed by atoms with Crippen molar-refractivity contribution in [2.45, 2.75) is 97.6 Å². The molecule has 4 fully saturated rings. The number of aliphatic hydroxyl groups excluding tert-OH is 1. The summed E-state index contributed by atoms with van der Waals surface area (Å²) in [4.78, 5) is 11.7. The minimum Gasteiger partial charge on any atom is -0.469 e. The largest absolute Gasteiger partial charge is 0.469 e. The van der Waals surface area contributed by atoms with Gasteiger partial charge in [-0.05, 0) is 104 Å². The van der Waals surface area contributed by atoms with E-state index in [-0.39, 0.29) is 17.5 Å². The van der Waals surface area contributed by atoms with Crippen LogP contribution in [0.15, 0.2) is 0 Å². The molecule has 0 aromatic heterocycles. The molecule has 4 aliphatic rings. The molecule has 11 unspecified atom stereocenters. The highest BCUT2D eigenvalue weighted by atomic mass is 16.5. The second-order valence-electron chi connectivity index (χ2n) is 12.1. The number of methoxy groups -OCH3 is 1. The average Bonchev–Trinajstić information content (AvgIpc) is 3.06. The van der Waals surface area contributed by atoms with E-state index in [1.807, 2.05) is 0 Å². The second-order valence-corrected chi connectivity index (χ2v) is 12.1. The Kier molecular flexibility index (Phi) is 6.07. The van der Waals surface area contributed by atoms with E-state index in [0.717, 1.165) is 37.0 Å². The number of hydrogen-bond acceptors (Lipinski definition) is 4. The lowest BCUT2D eigenvalue weighted by molar-refractivity contribution is -0.184. The average molecular weight is 420 g/mol. The molecule has 4 nitrogen and oxygen atoms in total. The van der Waals surface area contributed by atoms with Crippen LogP contribution in [0, 0.1) is 52.3 Å². The van der Waals surface area contributed by atoms with Crippen LogP contribution in [0.5, 0.6) is 0 Å². The number of ether oxygens (including phenoxy) is 1. The summed E-state index contributed by atoms with van der Waals surface area (Å²) in [6.07, 6.45) is 9.42. The molecule has 0 bridgehead atoms. The predicted molar refractivity (Wildman–Crippen MR) is 120 cm³/mol. The summed E-state index contributed by atoms with van der Waals surface area (Å²) in [5.41, 5.74) is 6.71. The van der Waals surface area contributed by atoms with Crippen LogP contribution < -0.4 is 5.73 Å². The summed E-state index contributed by atoms with van der Waals surface area (Å²) in [7, 11) is 1.47. The van der Waals surface area contributed by atoms with Crippen LogP contribution in [0.3, 0.4) is 0 Å². The Morgan fingerprint density at radius 2 is 1.90 bits per heavy atom. The molecule has 0 heterocycles. The fourth-order valence-corrected chi connectivity index (χ4v) is 9.25. The van der Waals surface area contributed by atoms with Crippen LogP contribution in [0.1, 0.15) is 85.5 Å². The number of carbonyl (C=O) groups is 1. The van der Waals surface area contributed by atoms with E-state index in [4.69, 9.17) is 10.5 Å². The summed E-state index contributed by atoms with van der Waals surface area (Å²) in [6, 6.07) is 0.372. The van der Waals surface area contributed by atoms with Crippen LogP contribution in [-0.2, 0) is 9.53 Å². The maximum absolute atomic E-state index is 11.7. The van der Waals surface area contributed by atoms with E-state index in [1.165, 1.54) is 39.2 Å². The fourth-order valence-electron chi connectivity index (χ4n) is 9.25. The van der Waals surface area contributed by atoms with E-state index in [1.54, 1.807) is 0 Å². The Balaban J connectivity index is 1.58. The van der Waals surface area contributed by atoms with Crippen LogP contribution >= 0.6 is 0 Å². The van der Waals surface area contributed by atoms with Gasteiger partial charge in [-0.15, -0.1) is 0 Å². The Labute approximate surface area is 183 Å². The molecule has 172 valence electrons. The lowest BCUT2D eigenvalue weighted by atomic mass is 9.41. The summed E-state index contributed by atoms with van der Waals surface area (Å²) in [6.45, 7) is 9.71. The van der Waals surface area contributed by atoms with Crippen LogP contribution in [-0.4, -0.2) is 30.3 Å². The Morgan fingerprint density at radius 3 is 2.60 bits per heavy atom. The highest BCUT2D eigenvalue weighted by molar-refractivity contribution is 5.69. The molecule has 0 amide bonds. The molecular weight excluding hydrogens is 374 g/mol. The van der Waals surface area contributed by atoms with Gasteiger partial charge in [-0.3, -0.25) is 4.79 Å². The third-order valence-electron chi connectivity index (χ3n) is 11.0. The van der Waals surface area contributed by atoms with Gasteiger partial charge in [0.05, 0.1) is 13.2 Å². The summed E-state index contributed by atoms with van der Waals surface area (Å²) >= 11 is 0. The normalized spacial score (nSPS) is 51.4. The molecule has 0 aromatic rings. The van der Waals surface area contributed by atoms with Gasteiger partial charge in [0.25, 0.3) is 0 Å². The monoisotopic (exact) mass is 419 g/mol. The van der Waals surface area contributed by atoms with E-state index in [2.05, 4.69) is 27.7 Å². The van der Waals surface area contributed by atoms with E-state index in [9.17, 15) is 9.90 Å². The standard InChI is InChI=1S/C26H45NO3/c1-15(6-9-23(29)30-5)19-7-8-20-24-16(2)12-17-13-18(27)10-11-25(17,3)21(24)14-22(28)26(19,20)4/h15-22,24,28H,6-14,27H2,1-5H3. The Morgan fingerprint density at radius 1 is 1.17 bits per heavy atom. The number of carbonyl (C=O) groups excluding carboxylic acids is 1. The highest BCUT2D eigenvalue weighted by Gasteiger charge is 2.65. The zero-order chi connectivity index (χ0) is 21.8. The minimum absolute atomic E-state index is 0.0147. The first-order valence-corrected chi connectivity index (χ1v) is 12.6. The molecule has 4 saturated carbocycles. The summed E-state index contributed by atoms with van der Waals surface area (Å²) < 4.78 is 4.87. The van der Waals surface area contributed by atoms with Crippen molar-refractivity contribution in [1.29, 1.82) is 0 Å². The smallest absolute Gasteiger partial charge is 0.305 e. The lowest BCUT2D eigenvalue weighted by Gasteiger charge is -2.64. The first kappa shape index (κ1) is 22.6. The third-order valence-corrected chi connectivity index (χ3v) is 11.0. The van der Waals surface area contributed by atoms with Crippen molar-refractivity contribution < 1.29 is 14.6 Å². The van der Waals surface area contributed by atoms with Crippen molar-refractivity contribution in [3.63, 3.8) is 0 Å². The molecule has 3 N–H and O–H groups in total. The second kappa shape index (κ2) is 8.06. The molecular formula is C26H45NO3. The first-order valence-electron chi connectivity index (χ1n) is 12.6. The van der Waals surface area contributed by atoms with Crippen LogP contribution in [0.2, 0.25) is 0 Å². The van der Waals surface area contributed by atoms with Crippen molar-refractivity contribution in [2.24, 2.45) is 58.0 Å². The van der Waals surface area contributed by atoms with Gasteiger partial charge in [-0.25, -0.2) is 0 Å². The van der Waals surface area contributed by atoms with Gasteiger partial charge in [0.1, 0.15) is 0 Å². The fraction of sp³-hybridized carbons (Fsp3) is 0.962. The van der Waals surface area contributed by atoms with E-state index < -0.39 is 0 Å². The Bertz CT molecular complexity index is 652. The maximum atomic E-state index is 11.7.